The van der Waals surface area contributed by atoms with Crippen molar-refractivity contribution in [1.29, 1.82) is 0 Å². The Kier molecular flexibility index (Phi) is 5.58. The number of carbonyl (C=O) groups excluding carboxylic acids is 2. The van der Waals surface area contributed by atoms with Crippen molar-refractivity contribution in [3.8, 4) is 5.75 Å². The summed E-state index contributed by atoms with van der Waals surface area (Å²) < 4.78 is 5.42. The molecular formula is C19H22N2O3. The molecule has 0 spiro atoms. The standard InChI is InChI=1S/C19H22N2O3/c1-12-5-8-17(15(4)9-12)19(23)21-20-18(22)11-24-16-7-6-13(2)14(3)10-16/h5-10H,11H2,1-4H3,(H,20,22)(H,21,23). The molecule has 0 aliphatic carbocycles. The number of ether oxygens (including phenoxy) is 1. The van der Waals surface area contributed by atoms with Gasteiger partial charge in [0.05, 0.1) is 0 Å². The highest BCUT2D eigenvalue weighted by molar-refractivity contribution is 5.96. The van der Waals surface area contributed by atoms with Crippen LogP contribution >= 0.6 is 0 Å². The van der Waals surface area contributed by atoms with Gasteiger partial charge in [-0.15, -0.1) is 0 Å². The van der Waals surface area contributed by atoms with Gasteiger partial charge in [-0.25, -0.2) is 0 Å². The number of hydrogen-bond acceptors (Lipinski definition) is 3. The molecule has 2 aromatic carbocycles. The zero-order valence-corrected chi connectivity index (χ0v) is 14.4. The largest absolute Gasteiger partial charge is 0.484 e. The fourth-order valence-electron chi connectivity index (χ4n) is 2.25. The van der Waals surface area contributed by atoms with Gasteiger partial charge in [0.2, 0.25) is 0 Å². The summed E-state index contributed by atoms with van der Waals surface area (Å²) >= 11 is 0. The van der Waals surface area contributed by atoms with Gasteiger partial charge in [0.1, 0.15) is 5.75 Å². The molecule has 0 fully saturated rings. The Morgan fingerprint density at radius 1 is 0.875 bits per heavy atom. The van der Waals surface area contributed by atoms with E-state index in [1.807, 2.05) is 58.0 Å². The van der Waals surface area contributed by atoms with Crippen LogP contribution in [-0.2, 0) is 4.79 Å². The van der Waals surface area contributed by atoms with E-state index in [4.69, 9.17) is 4.74 Å². The molecule has 2 rings (SSSR count). The van der Waals surface area contributed by atoms with Crippen LogP contribution in [0.4, 0.5) is 0 Å². The Bertz CT molecular complexity index is 769. The Morgan fingerprint density at radius 2 is 1.62 bits per heavy atom. The molecule has 0 atom stereocenters. The van der Waals surface area contributed by atoms with Crippen LogP contribution in [0.1, 0.15) is 32.6 Å². The highest BCUT2D eigenvalue weighted by atomic mass is 16.5. The number of nitrogens with one attached hydrogen (secondary N) is 2. The third-order valence-corrected chi connectivity index (χ3v) is 3.79. The molecule has 24 heavy (non-hydrogen) atoms. The van der Waals surface area contributed by atoms with Crippen LogP contribution in [0, 0.1) is 27.7 Å². The predicted octanol–water partition coefficient (Wildman–Crippen LogP) is 2.76. The zero-order chi connectivity index (χ0) is 17.7. The molecule has 0 bridgehead atoms. The van der Waals surface area contributed by atoms with Gasteiger partial charge < -0.3 is 4.74 Å². The van der Waals surface area contributed by atoms with Crippen molar-refractivity contribution in [2.24, 2.45) is 0 Å². The molecule has 0 radical (unpaired) electrons. The molecule has 0 heterocycles. The average Bonchev–Trinajstić information content (AvgIpc) is 2.53. The van der Waals surface area contributed by atoms with Crippen LogP contribution in [0.2, 0.25) is 0 Å². The van der Waals surface area contributed by atoms with Gasteiger partial charge in [-0.2, -0.15) is 0 Å². The molecular weight excluding hydrogens is 304 g/mol. The van der Waals surface area contributed by atoms with E-state index in [2.05, 4.69) is 10.9 Å². The first-order valence-corrected chi connectivity index (χ1v) is 7.73. The molecule has 5 nitrogen and oxygen atoms in total. The van der Waals surface area contributed by atoms with E-state index >= 15 is 0 Å². The first kappa shape index (κ1) is 17.5. The average molecular weight is 326 g/mol. The highest BCUT2D eigenvalue weighted by Crippen LogP contribution is 2.16. The van der Waals surface area contributed by atoms with Crippen molar-refractivity contribution in [3.05, 3.63) is 64.2 Å². The van der Waals surface area contributed by atoms with Crippen LogP contribution in [0.3, 0.4) is 0 Å². The summed E-state index contributed by atoms with van der Waals surface area (Å²) in [5.41, 5.74) is 9.46. The maximum absolute atomic E-state index is 12.1. The summed E-state index contributed by atoms with van der Waals surface area (Å²) in [4.78, 5) is 23.9. The van der Waals surface area contributed by atoms with Gasteiger partial charge in [0, 0.05) is 5.56 Å². The molecule has 0 aliphatic heterocycles. The second-order valence-corrected chi connectivity index (χ2v) is 5.86. The van der Waals surface area contributed by atoms with E-state index in [1.54, 1.807) is 6.07 Å². The normalized spacial score (nSPS) is 10.2. The van der Waals surface area contributed by atoms with Crippen LogP contribution in [0.15, 0.2) is 36.4 Å². The molecule has 0 aliphatic rings. The van der Waals surface area contributed by atoms with Gasteiger partial charge in [-0.1, -0.05) is 23.8 Å². The van der Waals surface area contributed by atoms with E-state index in [-0.39, 0.29) is 12.5 Å². The van der Waals surface area contributed by atoms with Crippen molar-refractivity contribution in [1.82, 2.24) is 10.9 Å². The summed E-state index contributed by atoms with van der Waals surface area (Å²) in [6.07, 6.45) is 0. The fourth-order valence-corrected chi connectivity index (χ4v) is 2.25. The lowest BCUT2D eigenvalue weighted by Crippen LogP contribution is -2.44. The summed E-state index contributed by atoms with van der Waals surface area (Å²) in [6, 6.07) is 11.1. The first-order valence-electron chi connectivity index (χ1n) is 7.73. The summed E-state index contributed by atoms with van der Waals surface area (Å²) in [5, 5.41) is 0. The minimum Gasteiger partial charge on any atom is -0.484 e. The Balaban J connectivity index is 1.84. The molecule has 126 valence electrons. The maximum atomic E-state index is 12.1. The van der Waals surface area contributed by atoms with Crippen LogP contribution in [-0.4, -0.2) is 18.4 Å². The third kappa shape index (κ3) is 4.59. The first-order chi connectivity index (χ1) is 11.4. The van der Waals surface area contributed by atoms with Crippen molar-refractivity contribution < 1.29 is 14.3 Å². The van der Waals surface area contributed by atoms with Gasteiger partial charge in [-0.3, -0.25) is 20.4 Å². The molecule has 2 N–H and O–H groups in total. The summed E-state index contributed by atoms with van der Waals surface area (Å²) in [5.74, 6) is -0.160. The highest BCUT2D eigenvalue weighted by Gasteiger charge is 2.10. The molecule has 2 amide bonds. The predicted molar refractivity (Wildman–Crippen MR) is 92.9 cm³/mol. The number of rotatable bonds is 4. The van der Waals surface area contributed by atoms with Gasteiger partial charge >= 0.3 is 0 Å². The van der Waals surface area contributed by atoms with E-state index in [9.17, 15) is 9.59 Å². The minimum absolute atomic E-state index is 0.171. The number of hydrazine groups is 1. The smallest absolute Gasteiger partial charge is 0.276 e. The number of carbonyl (C=O) groups is 2. The van der Waals surface area contributed by atoms with E-state index < -0.39 is 5.91 Å². The summed E-state index contributed by atoms with van der Waals surface area (Å²) in [7, 11) is 0. The van der Waals surface area contributed by atoms with Crippen molar-refractivity contribution in [2.45, 2.75) is 27.7 Å². The van der Waals surface area contributed by atoms with Crippen LogP contribution in [0.5, 0.6) is 5.75 Å². The molecule has 0 unspecified atom stereocenters. The maximum Gasteiger partial charge on any atom is 0.276 e. The van der Waals surface area contributed by atoms with E-state index in [0.29, 0.717) is 11.3 Å². The third-order valence-electron chi connectivity index (χ3n) is 3.79. The topological polar surface area (TPSA) is 67.4 Å². The molecule has 2 aromatic rings. The Labute approximate surface area is 142 Å². The lowest BCUT2D eigenvalue weighted by Gasteiger charge is -2.11. The molecule has 5 heteroatoms. The van der Waals surface area contributed by atoms with Crippen LogP contribution in [0.25, 0.3) is 0 Å². The van der Waals surface area contributed by atoms with Crippen molar-refractivity contribution in [3.63, 3.8) is 0 Å². The lowest BCUT2D eigenvalue weighted by atomic mass is 10.1. The lowest BCUT2D eigenvalue weighted by molar-refractivity contribution is -0.123. The Hall–Kier alpha value is -2.82. The molecule has 0 saturated carbocycles. The number of amides is 2. The van der Waals surface area contributed by atoms with Gasteiger partial charge in [0.15, 0.2) is 6.61 Å². The molecule has 0 saturated heterocycles. The SMILES string of the molecule is Cc1ccc(C(=O)NNC(=O)COc2ccc(C)c(C)c2)c(C)c1. The summed E-state index contributed by atoms with van der Waals surface area (Å²) in [6.45, 7) is 7.63. The van der Waals surface area contributed by atoms with Crippen molar-refractivity contribution in [2.75, 3.05) is 6.61 Å². The van der Waals surface area contributed by atoms with Gasteiger partial charge in [0.25, 0.3) is 11.8 Å². The van der Waals surface area contributed by atoms with Crippen molar-refractivity contribution >= 4 is 11.8 Å². The zero-order valence-electron chi connectivity index (χ0n) is 14.4. The number of benzene rings is 2. The van der Waals surface area contributed by atoms with E-state index in [0.717, 1.165) is 22.3 Å². The molecule has 0 aromatic heterocycles. The minimum atomic E-state index is -0.425. The quantitative estimate of drug-likeness (QED) is 0.849. The second kappa shape index (κ2) is 7.64. The number of hydrogen-bond donors (Lipinski definition) is 2. The number of aryl methyl sites for hydroxylation is 4. The van der Waals surface area contributed by atoms with Gasteiger partial charge in [-0.05, 0) is 62.6 Å². The fraction of sp³-hybridized carbons (Fsp3) is 0.263. The van der Waals surface area contributed by atoms with Crippen LogP contribution < -0.4 is 15.6 Å². The Morgan fingerprint density at radius 3 is 2.29 bits per heavy atom. The van der Waals surface area contributed by atoms with E-state index in [1.165, 1.54) is 0 Å². The second-order valence-electron chi connectivity index (χ2n) is 5.86. The monoisotopic (exact) mass is 326 g/mol.